The SMILES string of the molecule is CC(C)N1CCCCC1.CCC.CCC.COC(=O)CNC(=O)/C(C)=C/[C@H](C(C)C)N(C)C(=O)CNC=O. The molecule has 1 fully saturated rings. The second-order valence-corrected chi connectivity index (χ2v) is 9.95. The summed E-state index contributed by atoms with van der Waals surface area (Å²) in [5.41, 5.74) is 0.385. The Bertz CT molecular complexity index is 657. The molecule has 0 aliphatic carbocycles. The van der Waals surface area contributed by atoms with E-state index in [4.69, 9.17) is 0 Å². The van der Waals surface area contributed by atoms with E-state index in [1.54, 1.807) is 20.0 Å². The zero-order valence-electron chi connectivity index (χ0n) is 26.2. The summed E-state index contributed by atoms with van der Waals surface area (Å²) in [6.07, 6.45) is 8.90. The Morgan fingerprint density at radius 2 is 1.45 bits per heavy atom. The summed E-state index contributed by atoms with van der Waals surface area (Å²) in [6.45, 7) is 20.8. The third-order valence-electron chi connectivity index (χ3n) is 5.38. The van der Waals surface area contributed by atoms with Crippen LogP contribution in [0.4, 0.5) is 0 Å². The number of likely N-dealkylation sites (N-methyl/N-ethyl adjacent to an activating group) is 1. The van der Waals surface area contributed by atoms with Crippen molar-refractivity contribution < 1.29 is 23.9 Å². The first-order valence-electron chi connectivity index (χ1n) is 14.1. The van der Waals surface area contributed by atoms with Gasteiger partial charge in [-0.2, -0.15) is 0 Å². The van der Waals surface area contributed by atoms with Gasteiger partial charge in [-0.25, -0.2) is 0 Å². The third-order valence-corrected chi connectivity index (χ3v) is 5.38. The molecule has 0 aromatic carbocycles. The molecule has 0 radical (unpaired) electrons. The molecule has 1 aliphatic heterocycles. The molecule has 1 heterocycles. The molecular weight excluding hydrogens is 484 g/mol. The number of likely N-dealkylation sites (tertiary alicyclic amines) is 1. The van der Waals surface area contributed by atoms with Crippen LogP contribution < -0.4 is 10.6 Å². The fraction of sp³-hybridized carbons (Fsp3) is 0.793. The van der Waals surface area contributed by atoms with Crippen molar-refractivity contribution in [2.45, 2.75) is 107 Å². The lowest BCUT2D eigenvalue weighted by Gasteiger charge is -2.29. The van der Waals surface area contributed by atoms with E-state index in [1.165, 1.54) is 57.2 Å². The largest absolute Gasteiger partial charge is 0.468 e. The molecule has 0 unspecified atom stereocenters. The quantitative estimate of drug-likeness (QED) is 0.244. The number of hydrogen-bond donors (Lipinski definition) is 2. The molecule has 1 rings (SSSR count). The van der Waals surface area contributed by atoms with E-state index in [0.717, 1.165) is 6.04 Å². The fourth-order valence-electron chi connectivity index (χ4n) is 3.30. The van der Waals surface area contributed by atoms with E-state index in [1.807, 2.05) is 13.8 Å². The normalized spacial score (nSPS) is 13.9. The Hall–Kier alpha value is -2.42. The molecule has 0 bridgehead atoms. The average Bonchev–Trinajstić information content (AvgIpc) is 2.89. The van der Waals surface area contributed by atoms with Crippen molar-refractivity contribution in [1.82, 2.24) is 20.4 Å². The molecule has 2 N–H and O–H groups in total. The summed E-state index contributed by atoms with van der Waals surface area (Å²) in [4.78, 5) is 49.2. The second-order valence-electron chi connectivity index (χ2n) is 9.95. The van der Waals surface area contributed by atoms with E-state index in [9.17, 15) is 19.2 Å². The Labute approximate surface area is 233 Å². The molecular formula is C29H58N4O5. The van der Waals surface area contributed by atoms with E-state index in [2.05, 4.69) is 61.8 Å². The highest BCUT2D eigenvalue weighted by molar-refractivity contribution is 5.94. The Morgan fingerprint density at radius 1 is 0.947 bits per heavy atom. The number of carbonyl (C=O) groups is 4. The van der Waals surface area contributed by atoms with Crippen molar-refractivity contribution >= 4 is 24.2 Å². The number of methoxy groups -OCH3 is 1. The van der Waals surface area contributed by atoms with Gasteiger partial charge in [0.2, 0.25) is 18.2 Å². The lowest BCUT2D eigenvalue weighted by atomic mass is 10.00. The van der Waals surface area contributed by atoms with Crippen LogP contribution in [-0.4, -0.2) is 86.4 Å². The highest BCUT2D eigenvalue weighted by atomic mass is 16.5. The summed E-state index contributed by atoms with van der Waals surface area (Å²) in [7, 11) is 2.84. The van der Waals surface area contributed by atoms with Crippen LogP contribution in [0.2, 0.25) is 0 Å². The van der Waals surface area contributed by atoms with E-state index in [-0.39, 0.29) is 31.0 Å². The summed E-state index contributed by atoms with van der Waals surface area (Å²) in [6, 6.07) is 0.449. The van der Waals surface area contributed by atoms with Crippen LogP contribution in [0.5, 0.6) is 0 Å². The van der Waals surface area contributed by atoms with Crippen LogP contribution in [0.25, 0.3) is 0 Å². The number of esters is 1. The first-order valence-corrected chi connectivity index (χ1v) is 14.1. The molecule has 1 atom stereocenters. The number of rotatable bonds is 10. The monoisotopic (exact) mass is 542 g/mol. The number of carbonyl (C=O) groups excluding carboxylic acids is 4. The van der Waals surface area contributed by atoms with Gasteiger partial charge in [-0.1, -0.05) is 66.9 Å². The van der Waals surface area contributed by atoms with Gasteiger partial charge in [0.05, 0.1) is 19.7 Å². The van der Waals surface area contributed by atoms with Crippen LogP contribution in [-0.2, 0) is 23.9 Å². The number of hydrogen-bond acceptors (Lipinski definition) is 6. The zero-order valence-corrected chi connectivity index (χ0v) is 26.2. The van der Waals surface area contributed by atoms with Crippen molar-refractivity contribution in [3.8, 4) is 0 Å². The van der Waals surface area contributed by atoms with Crippen molar-refractivity contribution in [3.05, 3.63) is 11.6 Å². The predicted molar refractivity (Wildman–Crippen MR) is 157 cm³/mol. The molecule has 38 heavy (non-hydrogen) atoms. The minimum absolute atomic E-state index is 0.0588. The van der Waals surface area contributed by atoms with Crippen LogP contribution in [0.15, 0.2) is 11.6 Å². The van der Waals surface area contributed by atoms with Gasteiger partial charge in [0.1, 0.15) is 6.54 Å². The van der Waals surface area contributed by atoms with Crippen LogP contribution in [0.1, 0.15) is 94.4 Å². The molecule has 0 aromatic rings. The van der Waals surface area contributed by atoms with Crippen LogP contribution >= 0.6 is 0 Å². The second kappa shape index (κ2) is 26.2. The Kier molecular flexibility index (Phi) is 27.6. The minimum atomic E-state index is -0.543. The molecule has 9 nitrogen and oxygen atoms in total. The van der Waals surface area contributed by atoms with Crippen LogP contribution in [0.3, 0.4) is 0 Å². The minimum Gasteiger partial charge on any atom is -0.468 e. The Morgan fingerprint density at radius 3 is 1.82 bits per heavy atom. The molecule has 0 aromatic heterocycles. The van der Waals surface area contributed by atoms with E-state index >= 15 is 0 Å². The summed E-state index contributed by atoms with van der Waals surface area (Å²) in [5, 5.41) is 4.75. The highest BCUT2D eigenvalue weighted by Gasteiger charge is 2.22. The van der Waals surface area contributed by atoms with Gasteiger partial charge in [0, 0.05) is 18.7 Å². The van der Waals surface area contributed by atoms with E-state index < -0.39 is 11.9 Å². The highest BCUT2D eigenvalue weighted by Crippen LogP contribution is 2.13. The van der Waals surface area contributed by atoms with Crippen molar-refractivity contribution in [2.75, 3.05) is 40.3 Å². The Balaban J connectivity index is -0.000000662. The van der Waals surface area contributed by atoms with Gasteiger partial charge in [0.15, 0.2) is 0 Å². The maximum Gasteiger partial charge on any atom is 0.325 e. The van der Waals surface area contributed by atoms with Crippen molar-refractivity contribution in [3.63, 3.8) is 0 Å². The predicted octanol–water partition coefficient (Wildman–Crippen LogP) is 4.16. The van der Waals surface area contributed by atoms with Gasteiger partial charge < -0.3 is 25.2 Å². The topological polar surface area (TPSA) is 108 Å². The number of nitrogens with zero attached hydrogens (tertiary/aromatic N) is 2. The fourth-order valence-corrected chi connectivity index (χ4v) is 3.30. The molecule has 224 valence electrons. The van der Waals surface area contributed by atoms with Crippen molar-refractivity contribution in [1.29, 1.82) is 0 Å². The molecule has 9 heteroatoms. The van der Waals surface area contributed by atoms with Gasteiger partial charge >= 0.3 is 5.97 Å². The number of nitrogens with one attached hydrogen (secondary N) is 2. The molecule has 0 spiro atoms. The zero-order chi connectivity index (χ0) is 30.1. The maximum atomic E-state index is 12.0. The van der Waals surface area contributed by atoms with Crippen LogP contribution in [0, 0.1) is 5.92 Å². The summed E-state index contributed by atoms with van der Waals surface area (Å²) >= 11 is 0. The first-order chi connectivity index (χ1) is 17.9. The van der Waals surface area contributed by atoms with Gasteiger partial charge in [0.25, 0.3) is 0 Å². The summed E-state index contributed by atoms with van der Waals surface area (Å²) in [5.74, 6) is -1.16. The van der Waals surface area contributed by atoms with Gasteiger partial charge in [-0.05, 0) is 52.6 Å². The number of piperidine rings is 1. The van der Waals surface area contributed by atoms with Crippen molar-refractivity contribution in [2.24, 2.45) is 5.92 Å². The van der Waals surface area contributed by atoms with Gasteiger partial charge in [-0.3, -0.25) is 19.2 Å². The number of ether oxygens (including phenoxy) is 1. The van der Waals surface area contributed by atoms with E-state index in [0.29, 0.717) is 12.0 Å². The third kappa shape index (κ3) is 21.6. The molecule has 1 aliphatic rings. The number of amides is 3. The lowest BCUT2D eigenvalue weighted by Crippen LogP contribution is -2.43. The average molecular weight is 543 g/mol. The summed E-state index contributed by atoms with van der Waals surface area (Å²) < 4.78 is 4.45. The first kappa shape index (κ1) is 40.1. The lowest BCUT2D eigenvalue weighted by molar-refractivity contribution is -0.140. The smallest absolute Gasteiger partial charge is 0.325 e. The molecule has 3 amide bonds. The molecule has 1 saturated heterocycles. The standard InChI is InChI=1S/C15H25N3O5.C8H17N.2C3H8/c1-10(2)12(18(4)13(20)7-16-9-19)6-11(3)15(22)17-8-14(21)23-5;1-8(2)9-6-4-3-5-7-9;2*1-3-2/h6,9-10,12H,7-8H2,1-5H3,(H,16,19)(H,17,22);8H,3-7H2,1-2H3;2*3H2,1-2H3/b11-6+;;;/t12-;;;/m1.../s1. The van der Waals surface area contributed by atoms with Gasteiger partial charge in [-0.15, -0.1) is 0 Å². The maximum absolute atomic E-state index is 12.0. The molecule has 0 saturated carbocycles.